The van der Waals surface area contributed by atoms with Gasteiger partial charge in [-0.15, -0.1) is 0 Å². The van der Waals surface area contributed by atoms with Crippen LogP contribution in [0.4, 0.5) is 0 Å². The molecular weight excluding hydrogens is 282 g/mol. The summed E-state index contributed by atoms with van der Waals surface area (Å²) in [6, 6.07) is 7.21. The number of hydrogen-bond donors (Lipinski definition) is 2. The number of ether oxygens (including phenoxy) is 2. The van der Waals surface area contributed by atoms with Gasteiger partial charge in [0.15, 0.2) is 6.10 Å². The molecule has 1 heterocycles. The highest BCUT2D eigenvalue weighted by atomic mass is 16.5. The number of nitrogens with one attached hydrogen (secondary N) is 2. The van der Waals surface area contributed by atoms with Crippen molar-refractivity contribution < 1.29 is 14.3 Å². The number of benzene rings is 1. The second-order valence-electron chi connectivity index (χ2n) is 5.32. The lowest BCUT2D eigenvalue weighted by Gasteiger charge is -2.27. The number of rotatable bonds is 7. The number of carbonyl (C=O) groups excluding carboxylic acids is 1. The lowest BCUT2D eigenvalue weighted by atomic mass is 10.3. The largest absolute Gasteiger partial charge is 0.497 e. The highest BCUT2D eigenvalue weighted by Gasteiger charge is 2.15. The number of amides is 1. The van der Waals surface area contributed by atoms with E-state index in [1.807, 2.05) is 12.1 Å². The van der Waals surface area contributed by atoms with Crippen LogP contribution >= 0.6 is 0 Å². The fraction of sp³-hybridized carbons (Fsp3) is 0.562. The van der Waals surface area contributed by atoms with Gasteiger partial charge in [0.2, 0.25) is 0 Å². The zero-order chi connectivity index (χ0) is 15.8. The molecule has 0 spiro atoms. The minimum Gasteiger partial charge on any atom is -0.497 e. The molecule has 1 aromatic carbocycles. The molecule has 0 bridgehead atoms. The van der Waals surface area contributed by atoms with Crippen LogP contribution in [-0.2, 0) is 4.79 Å². The zero-order valence-electron chi connectivity index (χ0n) is 13.3. The Hall–Kier alpha value is -1.79. The molecular formula is C16H25N3O3. The molecule has 6 nitrogen and oxygen atoms in total. The summed E-state index contributed by atoms with van der Waals surface area (Å²) in [5.41, 5.74) is 0. The summed E-state index contributed by atoms with van der Waals surface area (Å²) in [7, 11) is 1.62. The molecule has 1 aliphatic heterocycles. The second-order valence-corrected chi connectivity index (χ2v) is 5.32. The molecule has 122 valence electrons. The molecule has 6 heteroatoms. The van der Waals surface area contributed by atoms with Gasteiger partial charge in [-0.3, -0.25) is 9.69 Å². The van der Waals surface area contributed by atoms with E-state index in [9.17, 15) is 4.79 Å². The smallest absolute Gasteiger partial charge is 0.260 e. The summed E-state index contributed by atoms with van der Waals surface area (Å²) in [5.74, 6) is 1.33. The maximum atomic E-state index is 12.0. The predicted octanol–water partition coefficient (Wildman–Crippen LogP) is 0.484. The van der Waals surface area contributed by atoms with Crippen molar-refractivity contribution in [3.05, 3.63) is 24.3 Å². The third-order valence-electron chi connectivity index (χ3n) is 3.68. The standard InChI is InChI=1S/C16H25N3O3/c1-13(22-15-5-3-14(21-2)4-6-15)16(20)18-9-12-19-10-7-17-8-11-19/h3-6,13,17H,7-12H2,1-2H3,(H,18,20). The van der Waals surface area contributed by atoms with Crippen LogP contribution in [0, 0.1) is 0 Å². The van der Waals surface area contributed by atoms with Crippen molar-refractivity contribution in [2.75, 3.05) is 46.4 Å². The van der Waals surface area contributed by atoms with E-state index in [4.69, 9.17) is 9.47 Å². The molecule has 2 N–H and O–H groups in total. The first-order valence-electron chi connectivity index (χ1n) is 7.70. The van der Waals surface area contributed by atoms with Crippen molar-refractivity contribution in [3.63, 3.8) is 0 Å². The van der Waals surface area contributed by atoms with E-state index in [2.05, 4.69) is 15.5 Å². The summed E-state index contributed by atoms with van der Waals surface area (Å²) in [5, 5.41) is 6.23. The maximum absolute atomic E-state index is 12.0. The Kier molecular flexibility index (Phi) is 6.48. The quantitative estimate of drug-likeness (QED) is 0.767. The van der Waals surface area contributed by atoms with E-state index in [0.29, 0.717) is 12.3 Å². The van der Waals surface area contributed by atoms with E-state index in [-0.39, 0.29) is 5.91 Å². The van der Waals surface area contributed by atoms with E-state index < -0.39 is 6.10 Å². The Morgan fingerprint density at radius 3 is 2.55 bits per heavy atom. The Labute approximate surface area is 131 Å². The van der Waals surface area contributed by atoms with Crippen molar-refractivity contribution in [2.45, 2.75) is 13.0 Å². The third-order valence-corrected chi connectivity index (χ3v) is 3.68. The molecule has 1 aliphatic rings. The first-order chi connectivity index (χ1) is 10.7. The topological polar surface area (TPSA) is 62.8 Å². The Bertz CT molecular complexity index is 458. The van der Waals surface area contributed by atoms with Crippen LogP contribution in [0.2, 0.25) is 0 Å². The van der Waals surface area contributed by atoms with Gasteiger partial charge in [0.1, 0.15) is 11.5 Å². The van der Waals surface area contributed by atoms with Crippen LogP contribution < -0.4 is 20.1 Å². The molecule has 0 saturated carbocycles. The predicted molar refractivity (Wildman–Crippen MR) is 85.4 cm³/mol. The second kappa shape index (κ2) is 8.60. The SMILES string of the molecule is COc1ccc(OC(C)C(=O)NCCN2CCNCC2)cc1. The van der Waals surface area contributed by atoms with Crippen molar-refractivity contribution >= 4 is 5.91 Å². The lowest BCUT2D eigenvalue weighted by Crippen LogP contribution is -2.47. The van der Waals surface area contributed by atoms with E-state index in [1.54, 1.807) is 26.2 Å². The van der Waals surface area contributed by atoms with Crippen LogP contribution in [-0.4, -0.2) is 63.3 Å². The van der Waals surface area contributed by atoms with Gasteiger partial charge in [0, 0.05) is 39.3 Å². The molecule has 1 amide bonds. The van der Waals surface area contributed by atoms with Gasteiger partial charge in [0.05, 0.1) is 7.11 Å². The summed E-state index contributed by atoms with van der Waals surface area (Å²) in [6.45, 7) is 7.39. The minimum atomic E-state index is -0.517. The number of nitrogens with zero attached hydrogens (tertiary/aromatic N) is 1. The highest BCUT2D eigenvalue weighted by Crippen LogP contribution is 2.18. The van der Waals surface area contributed by atoms with Gasteiger partial charge >= 0.3 is 0 Å². The molecule has 1 fully saturated rings. The molecule has 2 rings (SSSR count). The average molecular weight is 307 g/mol. The highest BCUT2D eigenvalue weighted by molar-refractivity contribution is 5.80. The fourth-order valence-electron chi connectivity index (χ4n) is 2.33. The van der Waals surface area contributed by atoms with Gasteiger partial charge in [-0.05, 0) is 31.2 Å². The Morgan fingerprint density at radius 2 is 1.91 bits per heavy atom. The first-order valence-corrected chi connectivity index (χ1v) is 7.70. The molecule has 0 radical (unpaired) electrons. The third kappa shape index (κ3) is 5.20. The monoisotopic (exact) mass is 307 g/mol. The maximum Gasteiger partial charge on any atom is 0.260 e. The molecule has 22 heavy (non-hydrogen) atoms. The zero-order valence-corrected chi connectivity index (χ0v) is 13.3. The molecule has 1 saturated heterocycles. The molecule has 0 aliphatic carbocycles. The van der Waals surface area contributed by atoms with Crippen LogP contribution in [0.15, 0.2) is 24.3 Å². The van der Waals surface area contributed by atoms with Crippen LogP contribution in [0.3, 0.4) is 0 Å². The number of piperazine rings is 1. The van der Waals surface area contributed by atoms with Crippen LogP contribution in [0.25, 0.3) is 0 Å². The van der Waals surface area contributed by atoms with Gasteiger partial charge in [0.25, 0.3) is 5.91 Å². The van der Waals surface area contributed by atoms with Gasteiger partial charge in [-0.2, -0.15) is 0 Å². The van der Waals surface area contributed by atoms with E-state index >= 15 is 0 Å². The van der Waals surface area contributed by atoms with Gasteiger partial charge < -0.3 is 20.1 Å². The van der Waals surface area contributed by atoms with Crippen molar-refractivity contribution in [3.8, 4) is 11.5 Å². The molecule has 1 aromatic rings. The summed E-state index contributed by atoms with van der Waals surface area (Å²) in [6.07, 6.45) is -0.517. The first kappa shape index (κ1) is 16.6. The minimum absolute atomic E-state index is 0.0917. The van der Waals surface area contributed by atoms with Crippen LogP contribution in [0.1, 0.15) is 6.92 Å². The molecule has 0 aromatic heterocycles. The van der Waals surface area contributed by atoms with Gasteiger partial charge in [-0.25, -0.2) is 0 Å². The summed E-state index contributed by atoms with van der Waals surface area (Å²) >= 11 is 0. The van der Waals surface area contributed by atoms with E-state index in [1.165, 1.54) is 0 Å². The van der Waals surface area contributed by atoms with Crippen molar-refractivity contribution in [1.29, 1.82) is 0 Å². The van der Waals surface area contributed by atoms with Crippen molar-refractivity contribution in [1.82, 2.24) is 15.5 Å². The van der Waals surface area contributed by atoms with E-state index in [0.717, 1.165) is 38.5 Å². The van der Waals surface area contributed by atoms with Gasteiger partial charge in [-0.1, -0.05) is 0 Å². The Balaban J connectivity index is 1.69. The lowest BCUT2D eigenvalue weighted by molar-refractivity contribution is -0.127. The number of hydrogen-bond acceptors (Lipinski definition) is 5. The number of methoxy groups -OCH3 is 1. The van der Waals surface area contributed by atoms with Crippen molar-refractivity contribution in [2.24, 2.45) is 0 Å². The molecule has 1 unspecified atom stereocenters. The summed E-state index contributed by atoms with van der Waals surface area (Å²) < 4.78 is 10.7. The fourth-order valence-corrected chi connectivity index (χ4v) is 2.33. The summed E-state index contributed by atoms with van der Waals surface area (Å²) in [4.78, 5) is 14.4. The number of carbonyl (C=O) groups is 1. The normalized spacial score (nSPS) is 16.8. The Morgan fingerprint density at radius 1 is 1.27 bits per heavy atom. The average Bonchev–Trinajstić information content (AvgIpc) is 2.56. The molecule has 1 atom stereocenters. The van der Waals surface area contributed by atoms with Crippen LogP contribution in [0.5, 0.6) is 11.5 Å².